The van der Waals surface area contributed by atoms with Crippen molar-refractivity contribution < 1.29 is 14.4 Å². The Bertz CT molecular complexity index is 589. The van der Waals surface area contributed by atoms with Crippen LogP contribution in [0.5, 0.6) is 0 Å². The van der Waals surface area contributed by atoms with E-state index in [2.05, 4.69) is 13.0 Å². The summed E-state index contributed by atoms with van der Waals surface area (Å²) in [4.78, 5) is 36.3. The summed E-state index contributed by atoms with van der Waals surface area (Å²) >= 11 is 0. The molecule has 4 aliphatic rings. The lowest BCUT2D eigenvalue weighted by Gasteiger charge is -2.55. The first-order valence-electron chi connectivity index (χ1n) is 8.72. The van der Waals surface area contributed by atoms with Gasteiger partial charge in [-0.3, -0.25) is 9.59 Å². The summed E-state index contributed by atoms with van der Waals surface area (Å²) in [5.41, 5.74) is 0.540. The van der Waals surface area contributed by atoms with E-state index in [0.29, 0.717) is 49.2 Å². The molecule has 0 aromatic heterocycles. The highest BCUT2D eigenvalue weighted by Gasteiger charge is 2.59. The molecule has 4 rings (SSSR count). The molecule has 3 fully saturated rings. The summed E-state index contributed by atoms with van der Waals surface area (Å²) in [6, 6.07) is 0. The maximum atomic E-state index is 12.4. The molecule has 0 aromatic carbocycles. The van der Waals surface area contributed by atoms with Gasteiger partial charge in [-0.05, 0) is 49.9 Å². The molecule has 0 N–H and O–H groups in total. The lowest BCUT2D eigenvalue weighted by Crippen LogP contribution is -2.52. The summed E-state index contributed by atoms with van der Waals surface area (Å²) in [5.74, 6) is 1.95. The number of Topliss-reactive ketones (excluding diaryl/α,β-unsaturated/α-hetero) is 2. The minimum Gasteiger partial charge on any atom is -0.302 e. The van der Waals surface area contributed by atoms with E-state index in [-0.39, 0.29) is 11.2 Å². The number of carbonyl (C=O) groups is 3. The van der Waals surface area contributed by atoms with Crippen LogP contribution in [0, 0.1) is 28.6 Å². The molecule has 3 saturated carbocycles. The second-order valence-corrected chi connectivity index (χ2v) is 8.13. The SMILES string of the molecule is C[C@]12CC[C@@H]3[C@@H](CC=C4CC(=O)CC[C@@]43C=O)[C@@H]1CCC2=O. The van der Waals surface area contributed by atoms with Crippen molar-refractivity contribution >= 4 is 17.9 Å². The van der Waals surface area contributed by atoms with Crippen LogP contribution in [0.3, 0.4) is 0 Å². The van der Waals surface area contributed by atoms with Crippen LogP contribution < -0.4 is 0 Å². The number of carbonyl (C=O) groups excluding carboxylic acids is 3. The minimum atomic E-state index is -0.399. The highest BCUT2D eigenvalue weighted by molar-refractivity contribution is 5.88. The highest BCUT2D eigenvalue weighted by Crippen LogP contribution is 2.63. The van der Waals surface area contributed by atoms with E-state index in [1.807, 2.05) is 0 Å². The van der Waals surface area contributed by atoms with Crippen molar-refractivity contribution in [2.45, 2.75) is 58.3 Å². The highest BCUT2D eigenvalue weighted by atomic mass is 16.1. The first-order valence-corrected chi connectivity index (χ1v) is 8.72. The van der Waals surface area contributed by atoms with Gasteiger partial charge in [0.05, 0.1) is 5.41 Å². The molecule has 0 heterocycles. The monoisotopic (exact) mass is 300 g/mol. The summed E-state index contributed by atoms with van der Waals surface area (Å²) < 4.78 is 0. The predicted molar refractivity (Wildman–Crippen MR) is 82.1 cm³/mol. The number of ketones is 2. The Kier molecular flexibility index (Phi) is 3.02. The van der Waals surface area contributed by atoms with Crippen LogP contribution in [0.25, 0.3) is 0 Å². The van der Waals surface area contributed by atoms with E-state index in [9.17, 15) is 14.4 Å². The van der Waals surface area contributed by atoms with Crippen LogP contribution in [-0.2, 0) is 14.4 Å². The standard InChI is InChI=1S/C19H24O3/c1-18-8-7-16-14(15(18)4-5-17(18)22)3-2-12-10-13(21)6-9-19(12,16)11-20/h2,11,14-16H,3-10H2,1H3/t14-,15-,16+,18-,19+/m0/s1. The molecule has 0 aromatic rings. The molecule has 0 unspecified atom stereocenters. The van der Waals surface area contributed by atoms with Crippen molar-refractivity contribution in [3.63, 3.8) is 0 Å². The molecule has 3 heteroatoms. The topological polar surface area (TPSA) is 51.2 Å². The van der Waals surface area contributed by atoms with Crippen LogP contribution in [0.15, 0.2) is 11.6 Å². The van der Waals surface area contributed by atoms with Crippen LogP contribution in [-0.4, -0.2) is 17.9 Å². The van der Waals surface area contributed by atoms with E-state index in [1.54, 1.807) is 0 Å². The van der Waals surface area contributed by atoms with E-state index < -0.39 is 5.41 Å². The predicted octanol–water partition coefficient (Wildman–Crippen LogP) is 3.27. The van der Waals surface area contributed by atoms with Gasteiger partial charge in [0.15, 0.2) is 0 Å². The second kappa shape index (κ2) is 4.62. The van der Waals surface area contributed by atoms with Crippen LogP contribution >= 0.6 is 0 Å². The van der Waals surface area contributed by atoms with Crippen LogP contribution in [0.4, 0.5) is 0 Å². The summed E-state index contributed by atoms with van der Waals surface area (Å²) in [7, 11) is 0. The zero-order chi connectivity index (χ0) is 15.5. The molecule has 5 atom stereocenters. The third-order valence-corrected chi connectivity index (χ3v) is 7.46. The smallest absolute Gasteiger partial charge is 0.139 e. The molecule has 0 aliphatic heterocycles. The third kappa shape index (κ3) is 1.65. The lowest BCUT2D eigenvalue weighted by molar-refractivity contribution is -0.135. The second-order valence-electron chi connectivity index (χ2n) is 8.13. The van der Waals surface area contributed by atoms with Gasteiger partial charge < -0.3 is 4.79 Å². The first kappa shape index (κ1) is 14.3. The van der Waals surface area contributed by atoms with Crippen molar-refractivity contribution in [2.24, 2.45) is 28.6 Å². The molecule has 3 nitrogen and oxygen atoms in total. The summed E-state index contributed by atoms with van der Waals surface area (Å²) in [5, 5.41) is 0. The van der Waals surface area contributed by atoms with E-state index >= 15 is 0 Å². The van der Waals surface area contributed by atoms with Gasteiger partial charge in [0, 0.05) is 24.7 Å². The summed E-state index contributed by atoms with van der Waals surface area (Å²) in [6.07, 6.45) is 9.60. The molecule has 118 valence electrons. The molecule has 4 aliphatic carbocycles. The molecule has 0 saturated heterocycles. The van der Waals surface area contributed by atoms with Crippen molar-refractivity contribution in [1.29, 1.82) is 0 Å². The van der Waals surface area contributed by atoms with Gasteiger partial charge in [0.25, 0.3) is 0 Å². The maximum absolute atomic E-state index is 12.4. The van der Waals surface area contributed by atoms with Gasteiger partial charge in [0.2, 0.25) is 0 Å². The lowest BCUT2D eigenvalue weighted by atomic mass is 9.48. The van der Waals surface area contributed by atoms with Gasteiger partial charge in [-0.15, -0.1) is 0 Å². The fraction of sp³-hybridized carbons (Fsp3) is 0.737. The van der Waals surface area contributed by atoms with E-state index in [0.717, 1.165) is 37.5 Å². The Morgan fingerprint density at radius 3 is 2.73 bits per heavy atom. The van der Waals surface area contributed by atoms with E-state index in [4.69, 9.17) is 0 Å². The number of hydrogen-bond acceptors (Lipinski definition) is 3. The van der Waals surface area contributed by atoms with Gasteiger partial charge in [-0.2, -0.15) is 0 Å². The zero-order valence-corrected chi connectivity index (χ0v) is 13.3. The Morgan fingerprint density at radius 2 is 1.95 bits per heavy atom. The Hall–Kier alpha value is -1.25. The number of aldehydes is 1. The quantitative estimate of drug-likeness (QED) is 0.551. The molecular weight excluding hydrogens is 276 g/mol. The molecule has 22 heavy (non-hydrogen) atoms. The molecule has 0 spiro atoms. The Labute approximate surface area is 131 Å². The fourth-order valence-corrected chi connectivity index (χ4v) is 6.19. The minimum absolute atomic E-state index is 0.152. The molecule has 0 radical (unpaired) electrons. The van der Waals surface area contributed by atoms with Gasteiger partial charge in [-0.25, -0.2) is 0 Å². The largest absolute Gasteiger partial charge is 0.302 e. The first-order chi connectivity index (χ1) is 10.5. The molecular formula is C19H24O3. The zero-order valence-electron chi connectivity index (χ0n) is 13.3. The molecule has 0 amide bonds. The van der Waals surface area contributed by atoms with Crippen LogP contribution in [0.2, 0.25) is 0 Å². The van der Waals surface area contributed by atoms with Crippen molar-refractivity contribution in [3.05, 3.63) is 11.6 Å². The van der Waals surface area contributed by atoms with E-state index in [1.165, 1.54) is 0 Å². The van der Waals surface area contributed by atoms with Crippen LogP contribution in [0.1, 0.15) is 58.3 Å². The molecule has 0 bridgehead atoms. The fourth-order valence-electron chi connectivity index (χ4n) is 6.19. The normalized spacial score (nSPS) is 47.3. The number of fused-ring (bicyclic) bond motifs is 5. The number of rotatable bonds is 1. The average molecular weight is 300 g/mol. The van der Waals surface area contributed by atoms with Crippen molar-refractivity contribution in [1.82, 2.24) is 0 Å². The van der Waals surface area contributed by atoms with Gasteiger partial charge >= 0.3 is 0 Å². The number of hydrogen-bond donors (Lipinski definition) is 0. The van der Waals surface area contributed by atoms with Gasteiger partial charge in [-0.1, -0.05) is 18.6 Å². The maximum Gasteiger partial charge on any atom is 0.139 e. The summed E-state index contributed by atoms with van der Waals surface area (Å²) in [6.45, 7) is 2.15. The van der Waals surface area contributed by atoms with Crippen molar-refractivity contribution in [3.8, 4) is 0 Å². The Balaban J connectivity index is 1.75. The van der Waals surface area contributed by atoms with Crippen molar-refractivity contribution in [2.75, 3.05) is 0 Å². The number of allylic oxidation sites excluding steroid dienone is 2. The third-order valence-electron chi connectivity index (χ3n) is 7.46. The van der Waals surface area contributed by atoms with Gasteiger partial charge in [0.1, 0.15) is 17.9 Å². The Morgan fingerprint density at radius 1 is 1.14 bits per heavy atom. The average Bonchev–Trinajstić information content (AvgIpc) is 2.82.